The summed E-state index contributed by atoms with van der Waals surface area (Å²) in [6, 6.07) is 0. The summed E-state index contributed by atoms with van der Waals surface area (Å²) in [7, 11) is 0. The fraction of sp³-hybridized carbons (Fsp3) is 0. The van der Waals surface area contributed by atoms with Crippen LogP contribution >= 0.6 is 0 Å². The van der Waals surface area contributed by atoms with Crippen molar-refractivity contribution in [2.24, 2.45) is 0 Å². The zero-order valence-electron chi connectivity index (χ0n) is 2.72. The van der Waals surface area contributed by atoms with Gasteiger partial charge in [-0.3, -0.25) is 0 Å². The van der Waals surface area contributed by atoms with E-state index in [0.29, 0.717) is 0 Å². The Morgan fingerprint density at radius 3 is 0.286 bits per heavy atom. The molecule has 0 amide bonds. The van der Waals surface area contributed by atoms with Crippen molar-refractivity contribution >= 4 is 0 Å². The van der Waals surface area contributed by atoms with Crippen LogP contribution in [0.3, 0.4) is 0 Å². The second kappa shape index (κ2) is 82.7. The van der Waals surface area contributed by atoms with Gasteiger partial charge in [-0.2, -0.15) is 0 Å². The van der Waals surface area contributed by atoms with E-state index >= 15 is 0 Å². The molecule has 7 heteroatoms. The van der Waals surface area contributed by atoms with Gasteiger partial charge in [0, 0.05) is 18.6 Å². The average molecular weight is 264 g/mol. The summed E-state index contributed by atoms with van der Waals surface area (Å²) in [5, 5.41) is 0. The molecule has 0 nitrogen and oxygen atoms in total. The standard InChI is InChI=1S/6ClH.V/h6*1H;/p-6. The van der Waals surface area contributed by atoms with Crippen LogP contribution in [0.4, 0.5) is 0 Å². The summed E-state index contributed by atoms with van der Waals surface area (Å²) in [5.74, 6) is 0. The van der Waals surface area contributed by atoms with Gasteiger partial charge < -0.3 is 74.4 Å². The predicted octanol–water partition coefficient (Wildman–Crippen LogP) is -18.0. The first kappa shape index (κ1) is 120. The maximum atomic E-state index is 0. The Morgan fingerprint density at radius 2 is 0.286 bits per heavy atom. The molecule has 0 N–H and O–H groups in total. The third-order valence-electron chi connectivity index (χ3n) is 0. The van der Waals surface area contributed by atoms with Gasteiger partial charge in [0.15, 0.2) is 0 Å². The van der Waals surface area contributed by atoms with Crippen LogP contribution in [0, 0.1) is 0 Å². The predicted molar refractivity (Wildman–Crippen MR) is 0 cm³/mol. The van der Waals surface area contributed by atoms with Crippen LogP contribution in [0.15, 0.2) is 0 Å². The Kier molecular flexibility index (Phi) is 1410. The zero-order chi connectivity index (χ0) is 0. The molecular weight excluding hydrogens is 264 g/mol. The van der Waals surface area contributed by atoms with Crippen molar-refractivity contribution in [2.75, 3.05) is 0 Å². The molecule has 0 rings (SSSR count). The molecule has 0 spiro atoms. The van der Waals surface area contributed by atoms with E-state index in [1.165, 1.54) is 0 Å². The summed E-state index contributed by atoms with van der Waals surface area (Å²) >= 11 is 0. The van der Waals surface area contributed by atoms with E-state index in [4.69, 9.17) is 0 Å². The molecule has 0 aromatic carbocycles. The molecule has 0 aromatic rings. The average Bonchev–Trinajstić information content (AvgIpc) is 0. The SMILES string of the molecule is [Cl-].[Cl-].[Cl-].[Cl-].[Cl-].[Cl-].[V]. The van der Waals surface area contributed by atoms with Crippen molar-refractivity contribution in [2.45, 2.75) is 0 Å². The van der Waals surface area contributed by atoms with E-state index in [9.17, 15) is 0 Å². The first-order chi connectivity index (χ1) is 0. The summed E-state index contributed by atoms with van der Waals surface area (Å²) in [4.78, 5) is 0. The van der Waals surface area contributed by atoms with Crippen molar-refractivity contribution < 1.29 is 93.0 Å². The first-order valence-corrected chi connectivity index (χ1v) is 0. The molecule has 0 bridgehead atoms. The van der Waals surface area contributed by atoms with Crippen molar-refractivity contribution in [1.29, 1.82) is 0 Å². The molecule has 0 fully saturated rings. The summed E-state index contributed by atoms with van der Waals surface area (Å²) < 4.78 is 0. The van der Waals surface area contributed by atoms with Crippen LogP contribution < -0.4 is 74.4 Å². The summed E-state index contributed by atoms with van der Waals surface area (Å²) in [5.41, 5.74) is 0. The van der Waals surface area contributed by atoms with Crippen molar-refractivity contribution in [1.82, 2.24) is 0 Å². The summed E-state index contributed by atoms with van der Waals surface area (Å²) in [6.07, 6.45) is 0. The molecule has 0 unspecified atom stereocenters. The van der Waals surface area contributed by atoms with Gasteiger partial charge in [-0.25, -0.2) is 0 Å². The largest absolute Gasteiger partial charge is 1.00 e. The van der Waals surface area contributed by atoms with Crippen LogP contribution in [-0.2, 0) is 18.6 Å². The Bertz CT molecular complexity index is 4.14. The van der Waals surface area contributed by atoms with Crippen LogP contribution in [0.2, 0.25) is 0 Å². The minimum atomic E-state index is 0. The van der Waals surface area contributed by atoms with E-state index in [1.54, 1.807) is 0 Å². The molecule has 7 heavy (non-hydrogen) atoms. The van der Waals surface area contributed by atoms with E-state index in [0.717, 1.165) is 0 Å². The smallest absolute Gasteiger partial charge is 0 e. The number of hydrogen-bond acceptors (Lipinski definition) is 0. The van der Waals surface area contributed by atoms with E-state index in [2.05, 4.69) is 0 Å². The topological polar surface area (TPSA) is 0 Å². The van der Waals surface area contributed by atoms with Gasteiger partial charge in [-0.1, -0.05) is 0 Å². The van der Waals surface area contributed by atoms with E-state index in [1.807, 2.05) is 0 Å². The number of hydrogen-bond donors (Lipinski definition) is 0. The molecule has 0 aliphatic carbocycles. The van der Waals surface area contributed by atoms with Gasteiger partial charge in [-0.15, -0.1) is 0 Å². The van der Waals surface area contributed by atoms with Crippen LogP contribution in [0.25, 0.3) is 0 Å². The Balaban J connectivity index is 0. The Hall–Kier alpha value is 2.32. The molecule has 0 saturated heterocycles. The van der Waals surface area contributed by atoms with Crippen LogP contribution in [0.5, 0.6) is 0 Å². The van der Waals surface area contributed by atoms with Crippen molar-refractivity contribution in [3.05, 3.63) is 0 Å². The Morgan fingerprint density at radius 1 is 0.286 bits per heavy atom. The third kappa shape index (κ3) is 61.6. The van der Waals surface area contributed by atoms with Gasteiger partial charge in [0.25, 0.3) is 0 Å². The molecule has 0 aliphatic rings. The second-order valence-corrected chi connectivity index (χ2v) is 0. The van der Waals surface area contributed by atoms with Gasteiger partial charge in [-0.05, 0) is 0 Å². The van der Waals surface area contributed by atoms with E-state index in [-0.39, 0.29) is 93.0 Å². The number of rotatable bonds is 0. The van der Waals surface area contributed by atoms with Gasteiger partial charge in [0.05, 0.1) is 0 Å². The normalized spacial score (nSPS) is 0. The van der Waals surface area contributed by atoms with E-state index < -0.39 is 0 Å². The van der Waals surface area contributed by atoms with Gasteiger partial charge in [0.1, 0.15) is 0 Å². The van der Waals surface area contributed by atoms with Gasteiger partial charge >= 0.3 is 0 Å². The zero-order valence-corrected chi connectivity index (χ0v) is 8.65. The fourth-order valence-electron chi connectivity index (χ4n) is 0. The molecule has 0 atom stereocenters. The molecule has 0 heterocycles. The minimum Gasteiger partial charge on any atom is -1.00 e. The number of halogens is 6. The maximum Gasteiger partial charge on any atom is 0 e. The minimum absolute atomic E-state index is 0. The quantitative estimate of drug-likeness (QED) is 0.407. The fourth-order valence-corrected chi connectivity index (χ4v) is 0. The monoisotopic (exact) mass is 261 g/mol. The first-order valence-electron chi connectivity index (χ1n) is 0. The molecule has 0 aliphatic heterocycles. The third-order valence-corrected chi connectivity index (χ3v) is 0. The Labute approximate surface area is 92.3 Å². The second-order valence-electron chi connectivity index (χ2n) is 0. The molecule has 53 valence electrons. The molecular formula is Cl6V-6. The van der Waals surface area contributed by atoms with Crippen LogP contribution in [-0.4, -0.2) is 0 Å². The van der Waals surface area contributed by atoms with Crippen molar-refractivity contribution in [3.8, 4) is 0 Å². The maximum absolute atomic E-state index is 0. The van der Waals surface area contributed by atoms with Crippen molar-refractivity contribution in [3.63, 3.8) is 0 Å². The summed E-state index contributed by atoms with van der Waals surface area (Å²) in [6.45, 7) is 0. The molecule has 0 saturated carbocycles. The van der Waals surface area contributed by atoms with Gasteiger partial charge in [0.2, 0.25) is 0 Å². The van der Waals surface area contributed by atoms with Crippen LogP contribution in [0.1, 0.15) is 0 Å². The molecule has 1 radical (unpaired) electrons. The molecule has 0 aromatic heterocycles.